The van der Waals surface area contributed by atoms with Crippen molar-refractivity contribution in [3.8, 4) is 5.88 Å². The first-order chi connectivity index (χ1) is 7.62. The Hall–Kier alpha value is -1.09. The van der Waals surface area contributed by atoms with Crippen molar-refractivity contribution < 1.29 is 4.74 Å². The Morgan fingerprint density at radius 2 is 2.19 bits per heavy atom. The second kappa shape index (κ2) is 4.42. The van der Waals surface area contributed by atoms with E-state index in [2.05, 4.69) is 24.1 Å². The summed E-state index contributed by atoms with van der Waals surface area (Å²) in [4.78, 5) is 4.39. The van der Waals surface area contributed by atoms with Crippen LogP contribution in [0.1, 0.15) is 32.4 Å². The molecule has 0 aromatic carbocycles. The zero-order chi connectivity index (χ0) is 11.6. The summed E-state index contributed by atoms with van der Waals surface area (Å²) < 4.78 is 5.11. The summed E-state index contributed by atoms with van der Waals surface area (Å²) in [5.41, 5.74) is 1.26. The van der Waals surface area contributed by atoms with Gasteiger partial charge in [0.05, 0.1) is 12.8 Å². The molecule has 0 bridgehead atoms. The second-order valence-corrected chi connectivity index (χ2v) is 5.02. The monoisotopic (exact) mass is 220 g/mol. The number of nitrogens with one attached hydrogen (secondary N) is 1. The van der Waals surface area contributed by atoms with Crippen molar-refractivity contribution in [3.63, 3.8) is 0 Å². The Bertz CT molecular complexity index is 359. The molecule has 88 valence electrons. The molecule has 16 heavy (non-hydrogen) atoms. The van der Waals surface area contributed by atoms with Gasteiger partial charge in [-0.2, -0.15) is 0 Å². The number of methoxy groups -OCH3 is 1. The minimum atomic E-state index is 0.227. The Labute approximate surface area is 97.2 Å². The van der Waals surface area contributed by atoms with E-state index < -0.39 is 0 Å². The number of rotatable bonds is 5. The van der Waals surface area contributed by atoms with Gasteiger partial charge < -0.3 is 10.1 Å². The fourth-order valence-corrected chi connectivity index (χ4v) is 1.94. The van der Waals surface area contributed by atoms with Crippen LogP contribution in [0.2, 0.25) is 0 Å². The lowest BCUT2D eigenvalue weighted by Crippen LogP contribution is -2.40. The van der Waals surface area contributed by atoms with Gasteiger partial charge in [-0.05, 0) is 38.7 Å². The number of ether oxygens (including phenoxy) is 1. The van der Waals surface area contributed by atoms with Crippen molar-refractivity contribution in [2.45, 2.75) is 38.8 Å². The van der Waals surface area contributed by atoms with Gasteiger partial charge in [-0.1, -0.05) is 6.07 Å². The van der Waals surface area contributed by atoms with E-state index in [0.29, 0.717) is 5.88 Å². The summed E-state index contributed by atoms with van der Waals surface area (Å²) in [6.45, 7) is 5.34. The van der Waals surface area contributed by atoms with Crippen LogP contribution in [0.3, 0.4) is 0 Å². The third-order valence-electron chi connectivity index (χ3n) is 3.31. The van der Waals surface area contributed by atoms with Gasteiger partial charge in [0.25, 0.3) is 0 Å². The zero-order valence-electron chi connectivity index (χ0n) is 10.3. The molecule has 3 nitrogen and oxygen atoms in total. The van der Waals surface area contributed by atoms with E-state index in [1.165, 1.54) is 12.8 Å². The average Bonchev–Trinajstić information content (AvgIpc) is 3.11. The Balaban J connectivity index is 1.93. The van der Waals surface area contributed by atoms with Crippen LogP contribution in [0.5, 0.6) is 5.88 Å². The van der Waals surface area contributed by atoms with Crippen LogP contribution in [-0.2, 0) is 6.54 Å². The summed E-state index contributed by atoms with van der Waals surface area (Å²) in [6.07, 6.45) is 2.71. The van der Waals surface area contributed by atoms with Crippen LogP contribution >= 0.6 is 0 Å². The Morgan fingerprint density at radius 1 is 1.44 bits per heavy atom. The standard InChI is InChI=1S/C13H20N2O/c1-13(2,10-7-8-10)14-9-11-5-4-6-12(15-11)16-3/h4-6,10,14H,7-9H2,1-3H3. The maximum atomic E-state index is 5.11. The topological polar surface area (TPSA) is 34.1 Å². The van der Waals surface area contributed by atoms with Gasteiger partial charge in [0.1, 0.15) is 0 Å². The van der Waals surface area contributed by atoms with Crippen molar-refractivity contribution >= 4 is 0 Å². The minimum absolute atomic E-state index is 0.227. The Morgan fingerprint density at radius 3 is 2.81 bits per heavy atom. The molecule has 1 saturated carbocycles. The highest BCUT2D eigenvalue weighted by Crippen LogP contribution is 2.39. The first-order valence-corrected chi connectivity index (χ1v) is 5.87. The summed E-state index contributed by atoms with van der Waals surface area (Å²) in [7, 11) is 1.65. The van der Waals surface area contributed by atoms with Gasteiger partial charge in [-0.15, -0.1) is 0 Å². The normalized spacial score (nSPS) is 16.2. The molecular formula is C13H20N2O. The van der Waals surface area contributed by atoms with Crippen molar-refractivity contribution in [3.05, 3.63) is 23.9 Å². The first kappa shape index (κ1) is 11.4. The molecular weight excluding hydrogens is 200 g/mol. The predicted molar refractivity (Wildman–Crippen MR) is 64.4 cm³/mol. The minimum Gasteiger partial charge on any atom is -0.481 e. The molecule has 0 unspecified atom stereocenters. The van der Waals surface area contributed by atoms with Crippen molar-refractivity contribution in [2.75, 3.05) is 7.11 Å². The lowest BCUT2D eigenvalue weighted by molar-refractivity contribution is 0.335. The van der Waals surface area contributed by atoms with E-state index in [0.717, 1.165) is 18.2 Å². The van der Waals surface area contributed by atoms with E-state index in [9.17, 15) is 0 Å². The SMILES string of the molecule is COc1cccc(CNC(C)(C)C2CC2)n1. The van der Waals surface area contributed by atoms with Gasteiger partial charge in [0, 0.05) is 18.2 Å². The highest BCUT2D eigenvalue weighted by molar-refractivity contribution is 5.15. The van der Waals surface area contributed by atoms with Gasteiger partial charge in [-0.3, -0.25) is 0 Å². The highest BCUT2D eigenvalue weighted by Gasteiger charge is 2.37. The molecule has 1 aliphatic carbocycles. The third-order valence-corrected chi connectivity index (χ3v) is 3.31. The zero-order valence-corrected chi connectivity index (χ0v) is 10.3. The second-order valence-electron chi connectivity index (χ2n) is 5.02. The molecule has 0 saturated heterocycles. The van der Waals surface area contributed by atoms with Crippen molar-refractivity contribution in [1.82, 2.24) is 10.3 Å². The summed E-state index contributed by atoms with van der Waals surface area (Å²) in [5, 5.41) is 3.57. The van der Waals surface area contributed by atoms with Crippen LogP contribution in [0, 0.1) is 5.92 Å². The van der Waals surface area contributed by atoms with Crippen LogP contribution in [0.15, 0.2) is 18.2 Å². The molecule has 1 N–H and O–H groups in total. The first-order valence-electron chi connectivity index (χ1n) is 5.87. The lowest BCUT2D eigenvalue weighted by atomic mass is 9.99. The van der Waals surface area contributed by atoms with E-state index in [1.54, 1.807) is 7.11 Å². The van der Waals surface area contributed by atoms with Crippen LogP contribution in [-0.4, -0.2) is 17.6 Å². The maximum absolute atomic E-state index is 5.11. The fourth-order valence-electron chi connectivity index (χ4n) is 1.94. The van der Waals surface area contributed by atoms with Crippen LogP contribution < -0.4 is 10.1 Å². The molecule has 1 aromatic heterocycles. The fraction of sp³-hybridized carbons (Fsp3) is 0.615. The van der Waals surface area contributed by atoms with Gasteiger partial charge in [0.15, 0.2) is 0 Å². The van der Waals surface area contributed by atoms with Crippen molar-refractivity contribution in [2.24, 2.45) is 5.92 Å². The maximum Gasteiger partial charge on any atom is 0.213 e. The summed E-state index contributed by atoms with van der Waals surface area (Å²) >= 11 is 0. The lowest BCUT2D eigenvalue weighted by Gasteiger charge is -2.26. The van der Waals surface area contributed by atoms with E-state index in [4.69, 9.17) is 4.74 Å². The van der Waals surface area contributed by atoms with Gasteiger partial charge >= 0.3 is 0 Å². The quantitative estimate of drug-likeness (QED) is 0.827. The molecule has 0 amide bonds. The molecule has 0 aliphatic heterocycles. The van der Waals surface area contributed by atoms with E-state index in [-0.39, 0.29) is 5.54 Å². The van der Waals surface area contributed by atoms with Crippen LogP contribution in [0.4, 0.5) is 0 Å². The molecule has 0 atom stereocenters. The highest BCUT2D eigenvalue weighted by atomic mass is 16.5. The van der Waals surface area contributed by atoms with Gasteiger partial charge in [0.2, 0.25) is 5.88 Å². The summed E-state index contributed by atoms with van der Waals surface area (Å²) in [5.74, 6) is 1.52. The smallest absolute Gasteiger partial charge is 0.213 e. The Kier molecular flexibility index (Phi) is 3.15. The molecule has 2 rings (SSSR count). The molecule has 1 heterocycles. The molecule has 1 fully saturated rings. The van der Waals surface area contributed by atoms with Gasteiger partial charge in [-0.25, -0.2) is 4.98 Å². The van der Waals surface area contributed by atoms with E-state index in [1.807, 2.05) is 18.2 Å². The largest absolute Gasteiger partial charge is 0.481 e. The number of hydrogen-bond acceptors (Lipinski definition) is 3. The summed E-state index contributed by atoms with van der Waals surface area (Å²) in [6, 6.07) is 5.88. The number of nitrogens with zero attached hydrogens (tertiary/aromatic N) is 1. The number of pyridine rings is 1. The molecule has 0 radical (unpaired) electrons. The molecule has 1 aromatic rings. The number of aromatic nitrogens is 1. The third kappa shape index (κ3) is 2.73. The van der Waals surface area contributed by atoms with E-state index >= 15 is 0 Å². The van der Waals surface area contributed by atoms with Crippen LogP contribution in [0.25, 0.3) is 0 Å². The molecule has 0 spiro atoms. The molecule has 1 aliphatic rings. The predicted octanol–water partition coefficient (Wildman–Crippen LogP) is 2.37. The molecule has 3 heteroatoms. The number of hydrogen-bond donors (Lipinski definition) is 1. The van der Waals surface area contributed by atoms with Crippen molar-refractivity contribution in [1.29, 1.82) is 0 Å². The average molecular weight is 220 g/mol.